The first kappa shape index (κ1) is 16.0. The lowest BCUT2D eigenvalue weighted by Gasteiger charge is -2.26. The van der Waals surface area contributed by atoms with E-state index in [1.807, 2.05) is 0 Å². The second-order valence-electron chi connectivity index (χ2n) is 4.19. The minimum Gasteiger partial charge on any atom is -0.396 e. The van der Waals surface area contributed by atoms with Crippen molar-refractivity contribution in [1.29, 1.82) is 0 Å². The Morgan fingerprint density at radius 1 is 1.32 bits per heavy atom. The van der Waals surface area contributed by atoms with Crippen molar-refractivity contribution in [2.24, 2.45) is 0 Å². The van der Waals surface area contributed by atoms with Crippen LogP contribution in [0.25, 0.3) is 0 Å². The molecule has 0 saturated carbocycles. The summed E-state index contributed by atoms with van der Waals surface area (Å²) in [4.78, 5) is 3.91. The molecule has 0 fully saturated rings. The number of aliphatic hydroxyl groups is 1. The van der Waals surface area contributed by atoms with Gasteiger partial charge in [-0.05, 0) is 24.1 Å². The molecule has 19 heavy (non-hydrogen) atoms. The lowest BCUT2D eigenvalue weighted by Crippen LogP contribution is -2.41. The van der Waals surface area contributed by atoms with Gasteiger partial charge >= 0.3 is 0 Å². The van der Waals surface area contributed by atoms with Gasteiger partial charge in [-0.3, -0.25) is 4.98 Å². The predicted molar refractivity (Wildman–Crippen MR) is 73.6 cm³/mol. The van der Waals surface area contributed by atoms with Gasteiger partial charge in [-0.25, -0.2) is 0 Å². The molecule has 0 unspecified atom stereocenters. The van der Waals surface area contributed by atoms with Gasteiger partial charge in [0.15, 0.2) is 0 Å². The minimum atomic E-state index is -3.49. The van der Waals surface area contributed by atoms with E-state index in [1.54, 1.807) is 31.5 Å². The zero-order chi connectivity index (χ0) is 14.3. The molecule has 1 aromatic heterocycles. The number of hydrogen-bond donors (Lipinski definition) is 1. The fourth-order valence-electron chi connectivity index (χ4n) is 1.65. The van der Waals surface area contributed by atoms with Crippen molar-refractivity contribution in [1.82, 2.24) is 13.6 Å². The molecular formula is C12H21N3O3S. The van der Waals surface area contributed by atoms with Crippen LogP contribution in [-0.4, -0.2) is 53.9 Å². The van der Waals surface area contributed by atoms with E-state index in [-0.39, 0.29) is 6.61 Å². The van der Waals surface area contributed by atoms with Crippen LogP contribution in [0.1, 0.15) is 18.9 Å². The Labute approximate surface area is 114 Å². The van der Waals surface area contributed by atoms with E-state index >= 15 is 0 Å². The van der Waals surface area contributed by atoms with Gasteiger partial charge in [0.25, 0.3) is 10.2 Å². The molecule has 0 radical (unpaired) electrons. The number of pyridine rings is 1. The average Bonchev–Trinajstić information content (AvgIpc) is 2.42. The molecule has 0 saturated heterocycles. The monoisotopic (exact) mass is 287 g/mol. The second-order valence-corrected chi connectivity index (χ2v) is 6.22. The quantitative estimate of drug-likeness (QED) is 0.754. The maximum absolute atomic E-state index is 12.3. The predicted octanol–water partition coefficient (Wildman–Crippen LogP) is 0.462. The number of aliphatic hydroxyl groups excluding tert-OH is 1. The molecular weight excluding hydrogens is 266 g/mol. The summed E-state index contributed by atoms with van der Waals surface area (Å²) >= 11 is 0. The van der Waals surface area contributed by atoms with E-state index in [2.05, 4.69) is 4.98 Å². The van der Waals surface area contributed by atoms with E-state index in [4.69, 9.17) is 5.11 Å². The standard InChI is InChI=1S/C12H21N3O3S/c1-3-15(11-12-5-7-13-8-6-12)19(17,18)14(2)9-4-10-16/h5-8,16H,3-4,9-11H2,1-2H3. The van der Waals surface area contributed by atoms with Gasteiger partial charge in [0, 0.05) is 45.7 Å². The van der Waals surface area contributed by atoms with Crippen LogP contribution in [0.5, 0.6) is 0 Å². The molecule has 108 valence electrons. The Morgan fingerprint density at radius 3 is 2.47 bits per heavy atom. The molecule has 0 atom stereocenters. The van der Waals surface area contributed by atoms with E-state index < -0.39 is 10.2 Å². The Balaban J connectivity index is 2.78. The number of hydrogen-bond acceptors (Lipinski definition) is 4. The molecule has 1 rings (SSSR count). The molecule has 6 nitrogen and oxygen atoms in total. The van der Waals surface area contributed by atoms with Gasteiger partial charge in [0.05, 0.1) is 0 Å². The average molecular weight is 287 g/mol. The molecule has 0 aliphatic heterocycles. The SMILES string of the molecule is CCN(Cc1ccncc1)S(=O)(=O)N(C)CCCO. The number of rotatable bonds is 8. The van der Waals surface area contributed by atoms with Gasteiger partial charge in [0.2, 0.25) is 0 Å². The maximum Gasteiger partial charge on any atom is 0.282 e. The number of aromatic nitrogens is 1. The summed E-state index contributed by atoms with van der Waals surface area (Å²) in [5, 5.41) is 8.77. The third kappa shape index (κ3) is 4.54. The molecule has 0 amide bonds. The number of nitrogens with zero attached hydrogens (tertiary/aromatic N) is 3. The Hall–Kier alpha value is -1.02. The second kappa shape index (κ2) is 7.54. The molecule has 0 spiro atoms. The zero-order valence-electron chi connectivity index (χ0n) is 11.4. The molecule has 0 bridgehead atoms. The van der Waals surface area contributed by atoms with Crippen LogP contribution in [0.4, 0.5) is 0 Å². The minimum absolute atomic E-state index is 0.0175. The van der Waals surface area contributed by atoms with Crippen molar-refractivity contribution in [2.75, 3.05) is 26.7 Å². The Bertz CT molecular complexity index is 464. The van der Waals surface area contributed by atoms with Crippen LogP contribution in [0.3, 0.4) is 0 Å². The van der Waals surface area contributed by atoms with Gasteiger partial charge in [-0.15, -0.1) is 0 Å². The summed E-state index contributed by atoms with van der Waals surface area (Å²) in [7, 11) is -1.96. The summed E-state index contributed by atoms with van der Waals surface area (Å²) in [6.07, 6.45) is 3.72. The van der Waals surface area contributed by atoms with Crippen LogP contribution < -0.4 is 0 Å². The van der Waals surface area contributed by atoms with E-state index in [1.165, 1.54) is 15.7 Å². The largest absolute Gasteiger partial charge is 0.396 e. The van der Waals surface area contributed by atoms with Gasteiger partial charge in [0.1, 0.15) is 0 Å². The van der Waals surface area contributed by atoms with E-state index in [0.717, 1.165) is 5.56 Å². The topological polar surface area (TPSA) is 73.7 Å². The fraction of sp³-hybridized carbons (Fsp3) is 0.583. The van der Waals surface area contributed by atoms with Crippen LogP contribution in [0, 0.1) is 0 Å². The van der Waals surface area contributed by atoms with Crippen molar-refractivity contribution in [3.8, 4) is 0 Å². The van der Waals surface area contributed by atoms with Crippen LogP contribution in [0.15, 0.2) is 24.5 Å². The van der Waals surface area contributed by atoms with Crippen LogP contribution in [-0.2, 0) is 16.8 Å². The summed E-state index contributed by atoms with van der Waals surface area (Å²) in [6.45, 7) is 2.82. The molecule has 1 N–H and O–H groups in total. The van der Waals surface area contributed by atoms with E-state index in [0.29, 0.717) is 26.1 Å². The lowest BCUT2D eigenvalue weighted by atomic mass is 10.3. The van der Waals surface area contributed by atoms with Gasteiger partial charge in [-0.1, -0.05) is 6.92 Å². The summed E-state index contributed by atoms with van der Waals surface area (Å²) < 4.78 is 27.3. The zero-order valence-corrected chi connectivity index (χ0v) is 12.2. The third-order valence-corrected chi connectivity index (χ3v) is 4.82. The fourth-order valence-corrected chi connectivity index (χ4v) is 3.05. The van der Waals surface area contributed by atoms with Crippen molar-refractivity contribution < 1.29 is 13.5 Å². The highest BCUT2D eigenvalue weighted by atomic mass is 32.2. The van der Waals surface area contributed by atoms with Gasteiger partial charge < -0.3 is 5.11 Å². The van der Waals surface area contributed by atoms with Crippen molar-refractivity contribution in [3.63, 3.8) is 0 Å². The van der Waals surface area contributed by atoms with Crippen molar-refractivity contribution >= 4 is 10.2 Å². The van der Waals surface area contributed by atoms with Crippen molar-refractivity contribution in [2.45, 2.75) is 19.9 Å². The first-order chi connectivity index (χ1) is 9.02. The summed E-state index contributed by atoms with van der Waals surface area (Å²) in [5.41, 5.74) is 0.899. The van der Waals surface area contributed by atoms with Crippen LogP contribution in [0.2, 0.25) is 0 Å². The molecule has 1 aromatic rings. The van der Waals surface area contributed by atoms with E-state index in [9.17, 15) is 8.42 Å². The normalized spacial score (nSPS) is 12.3. The van der Waals surface area contributed by atoms with Gasteiger partial charge in [-0.2, -0.15) is 17.0 Å². The smallest absolute Gasteiger partial charge is 0.282 e. The molecule has 0 aliphatic rings. The highest BCUT2D eigenvalue weighted by Crippen LogP contribution is 2.11. The third-order valence-electron chi connectivity index (χ3n) is 2.81. The highest BCUT2D eigenvalue weighted by Gasteiger charge is 2.25. The van der Waals surface area contributed by atoms with Crippen molar-refractivity contribution in [3.05, 3.63) is 30.1 Å². The van der Waals surface area contributed by atoms with Crippen LogP contribution >= 0.6 is 0 Å². The molecule has 0 aliphatic carbocycles. The maximum atomic E-state index is 12.3. The first-order valence-electron chi connectivity index (χ1n) is 6.23. The summed E-state index contributed by atoms with van der Waals surface area (Å²) in [5.74, 6) is 0. The molecule has 0 aromatic carbocycles. The lowest BCUT2D eigenvalue weighted by molar-refractivity contribution is 0.271. The highest BCUT2D eigenvalue weighted by molar-refractivity contribution is 7.86. The molecule has 7 heteroatoms. The Kier molecular flexibility index (Phi) is 6.36. The molecule has 1 heterocycles. The Morgan fingerprint density at radius 2 is 1.95 bits per heavy atom. The summed E-state index contributed by atoms with van der Waals surface area (Å²) in [6, 6.07) is 3.60. The first-order valence-corrected chi connectivity index (χ1v) is 7.63.